The number of carbonyl (C=O) groups is 1. The molecular formula is C17H20N2O3S2. The van der Waals surface area contributed by atoms with E-state index in [-0.39, 0.29) is 10.8 Å². The number of nitrogens with one attached hydrogen (secondary N) is 1. The van der Waals surface area contributed by atoms with Gasteiger partial charge in [-0.15, -0.1) is 11.8 Å². The van der Waals surface area contributed by atoms with E-state index in [1.807, 2.05) is 31.2 Å². The lowest BCUT2D eigenvalue weighted by molar-refractivity contribution is -0.113. The summed E-state index contributed by atoms with van der Waals surface area (Å²) in [6.07, 6.45) is 0. The Bertz CT molecular complexity index is 799. The first-order chi connectivity index (χ1) is 11.3. The molecule has 0 saturated heterocycles. The van der Waals surface area contributed by atoms with Crippen LogP contribution >= 0.6 is 11.8 Å². The van der Waals surface area contributed by atoms with Crippen LogP contribution in [-0.2, 0) is 14.8 Å². The SMILES string of the molecule is Cc1ccc(SCC(=O)Nc2ccc(S(=O)(=O)N(C)C)cc2)cc1. The molecule has 128 valence electrons. The number of hydrogen-bond acceptors (Lipinski definition) is 4. The Morgan fingerprint density at radius 2 is 1.62 bits per heavy atom. The second-order valence-corrected chi connectivity index (χ2v) is 8.66. The highest BCUT2D eigenvalue weighted by atomic mass is 32.2. The van der Waals surface area contributed by atoms with Gasteiger partial charge in [0.25, 0.3) is 0 Å². The van der Waals surface area contributed by atoms with Crippen molar-refractivity contribution in [1.29, 1.82) is 0 Å². The minimum absolute atomic E-state index is 0.135. The van der Waals surface area contributed by atoms with Crippen LogP contribution in [0.5, 0.6) is 0 Å². The van der Waals surface area contributed by atoms with Crippen LogP contribution in [-0.4, -0.2) is 38.5 Å². The van der Waals surface area contributed by atoms with Gasteiger partial charge in [0, 0.05) is 24.7 Å². The van der Waals surface area contributed by atoms with Crippen molar-refractivity contribution in [2.45, 2.75) is 16.7 Å². The maximum atomic E-state index is 12.0. The van der Waals surface area contributed by atoms with Gasteiger partial charge < -0.3 is 5.32 Å². The van der Waals surface area contributed by atoms with E-state index in [1.165, 1.54) is 43.6 Å². The summed E-state index contributed by atoms with van der Waals surface area (Å²) in [4.78, 5) is 13.2. The first-order valence-corrected chi connectivity index (χ1v) is 9.73. The third-order valence-corrected chi connectivity index (χ3v) is 6.15. The van der Waals surface area contributed by atoms with Crippen LogP contribution in [0.2, 0.25) is 0 Å². The molecule has 0 unspecified atom stereocenters. The second-order valence-electron chi connectivity index (χ2n) is 5.46. The number of carbonyl (C=O) groups excluding carboxylic acids is 1. The fourth-order valence-electron chi connectivity index (χ4n) is 1.90. The largest absolute Gasteiger partial charge is 0.325 e. The Kier molecular flexibility index (Phi) is 6.04. The first kappa shape index (κ1) is 18.5. The van der Waals surface area contributed by atoms with Gasteiger partial charge in [0.1, 0.15) is 0 Å². The van der Waals surface area contributed by atoms with Crippen molar-refractivity contribution in [3.05, 3.63) is 54.1 Å². The topological polar surface area (TPSA) is 66.5 Å². The van der Waals surface area contributed by atoms with E-state index >= 15 is 0 Å². The quantitative estimate of drug-likeness (QED) is 0.800. The number of anilines is 1. The second kappa shape index (κ2) is 7.83. The van der Waals surface area contributed by atoms with Crippen LogP contribution in [0.25, 0.3) is 0 Å². The average Bonchev–Trinajstić information content (AvgIpc) is 2.54. The predicted molar refractivity (Wildman–Crippen MR) is 97.8 cm³/mol. The van der Waals surface area contributed by atoms with Gasteiger partial charge in [0.15, 0.2) is 0 Å². The van der Waals surface area contributed by atoms with Crippen molar-refractivity contribution >= 4 is 33.4 Å². The Morgan fingerprint density at radius 3 is 2.17 bits per heavy atom. The number of amides is 1. The van der Waals surface area contributed by atoms with Crippen LogP contribution in [0.1, 0.15) is 5.56 Å². The van der Waals surface area contributed by atoms with Crippen LogP contribution in [0.3, 0.4) is 0 Å². The lowest BCUT2D eigenvalue weighted by Crippen LogP contribution is -2.22. The molecule has 0 fully saturated rings. The number of thioether (sulfide) groups is 1. The normalized spacial score (nSPS) is 11.5. The number of rotatable bonds is 6. The molecule has 2 aromatic rings. The van der Waals surface area contributed by atoms with Crippen LogP contribution in [0.4, 0.5) is 5.69 Å². The summed E-state index contributed by atoms with van der Waals surface area (Å²) in [5.74, 6) is 0.157. The number of sulfonamides is 1. The highest BCUT2D eigenvalue weighted by Crippen LogP contribution is 2.20. The molecule has 1 amide bonds. The third kappa shape index (κ3) is 4.83. The average molecular weight is 364 g/mol. The zero-order chi connectivity index (χ0) is 17.7. The Morgan fingerprint density at radius 1 is 1.04 bits per heavy atom. The van der Waals surface area contributed by atoms with Gasteiger partial charge in [-0.2, -0.15) is 0 Å². The van der Waals surface area contributed by atoms with Crippen molar-refractivity contribution in [1.82, 2.24) is 4.31 Å². The van der Waals surface area contributed by atoms with E-state index in [1.54, 1.807) is 12.1 Å². The molecule has 0 aliphatic rings. The molecule has 2 rings (SSSR count). The Hall–Kier alpha value is -1.83. The highest BCUT2D eigenvalue weighted by molar-refractivity contribution is 8.00. The molecule has 0 aliphatic carbocycles. The number of hydrogen-bond donors (Lipinski definition) is 1. The Labute approximate surface area is 147 Å². The molecule has 0 saturated carbocycles. The molecule has 24 heavy (non-hydrogen) atoms. The molecule has 2 aromatic carbocycles. The molecule has 0 heterocycles. The van der Waals surface area contributed by atoms with Gasteiger partial charge >= 0.3 is 0 Å². The smallest absolute Gasteiger partial charge is 0.242 e. The fraction of sp³-hybridized carbons (Fsp3) is 0.235. The maximum absolute atomic E-state index is 12.0. The third-order valence-electron chi connectivity index (χ3n) is 3.31. The molecule has 0 atom stereocenters. The highest BCUT2D eigenvalue weighted by Gasteiger charge is 2.16. The summed E-state index contributed by atoms with van der Waals surface area (Å²) < 4.78 is 25.1. The van der Waals surface area contributed by atoms with Crippen molar-refractivity contribution < 1.29 is 13.2 Å². The summed E-state index contributed by atoms with van der Waals surface area (Å²) in [6, 6.07) is 14.1. The molecule has 0 aliphatic heterocycles. The summed E-state index contributed by atoms with van der Waals surface area (Å²) >= 11 is 1.45. The lowest BCUT2D eigenvalue weighted by atomic mass is 10.2. The summed E-state index contributed by atoms with van der Waals surface area (Å²) in [5, 5.41) is 2.76. The molecule has 1 N–H and O–H groups in total. The minimum atomic E-state index is -3.46. The molecule has 0 bridgehead atoms. The van der Waals surface area contributed by atoms with Gasteiger partial charge in [0.05, 0.1) is 10.6 Å². The van der Waals surface area contributed by atoms with Gasteiger partial charge in [-0.1, -0.05) is 17.7 Å². The van der Waals surface area contributed by atoms with Crippen LogP contribution in [0.15, 0.2) is 58.3 Å². The van der Waals surface area contributed by atoms with Crippen LogP contribution in [0, 0.1) is 6.92 Å². The molecule has 0 aromatic heterocycles. The van der Waals surface area contributed by atoms with Gasteiger partial charge in [-0.25, -0.2) is 12.7 Å². The molecule has 5 nitrogen and oxygen atoms in total. The van der Waals surface area contributed by atoms with Gasteiger partial charge in [-0.05, 0) is 43.3 Å². The Balaban J connectivity index is 1.93. The van der Waals surface area contributed by atoms with E-state index in [9.17, 15) is 13.2 Å². The van der Waals surface area contributed by atoms with Crippen LogP contribution < -0.4 is 5.32 Å². The van der Waals surface area contributed by atoms with Gasteiger partial charge in [0.2, 0.25) is 15.9 Å². The van der Waals surface area contributed by atoms with E-state index in [0.717, 1.165) is 9.20 Å². The standard InChI is InChI=1S/C17H20N2O3S2/c1-13-4-8-15(9-5-13)23-12-17(20)18-14-6-10-16(11-7-14)24(21,22)19(2)3/h4-11H,12H2,1-3H3,(H,18,20). The number of nitrogens with zero attached hydrogens (tertiary/aromatic N) is 1. The van der Waals surface area contributed by atoms with E-state index < -0.39 is 10.0 Å². The monoisotopic (exact) mass is 364 g/mol. The van der Waals surface area contributed by atoms with Crippen molar-refractivity contribution in [3.8, 4) is 0 Å². The summed E-state index contributed by atoms with van der Waals surface area (Å²) in [7, 11) is -0.496. The van der Waals surface area contributed by atoms with E-state index in [4.69, 9.17) is 0 Å². The fourth-order valence-corrected chi connectivity index (χ4v) is 3.50. The molecule has 0 radical (unpaired) electrons. The van der Waals surface area contributed by atoms with Crippen molar-refractivity contribution in [2.24, 2.45) is 0 Å². The van der Waals surface area contributed by atoms with Crippen molar-refractivity contribution in [2.75, 3.05) is 25.2 Å². The van der Waals surface area contributed by atoms with E-state index in [0.29, 0.717) is 11.4 Å². The molecular weight excluding hydrogens is 344 g/mol. The summed E-state index contributed by atoms with van der Waals surface area (Å²) in [6.45, 7) is 2.02. The zero-order valence-electron chi connectivity index (χ0n) is 13.8. The first-order valence-electron chi connectivity index (χ1n) is 7.31. The molecule has 0 spiro atoms. The van der Waals surface area contributed by atoms with Crippen molar-refractivity contribution in [3.63, 3.8) is 0 Å². The minimum Gasteiger partial charge on any atom is -0.325 e. The number of benzene rings is 2. The zero-order valence-corrected chi connectivity index (χ0v) is 15.4. The van der Waals surface area contributed by atoms with E-state index in [2.05, 4.69) is 5.32 Å². The predicted octanol–water partition coefficient (Wildman–Crippen LogP) is 2.98. The molecule has 7 heteroatoms. The summed E-state index contributed by atoms with van der Waals surface area (Å²) in [5.41, 5.74) is 1.75. The number of aryl methyl sites for hydroxylation is 1. The maximum Gasteiger partial charge on any atom is 0.242 e. The lowest BCUT2D eigenvalue weighted by Gasteiger charge is -2.12. The van der Waals surface area contributed by atoms with Gasteiger partial charge in [-0.3, -0.25) is 4.79 Å².